The number of carbonyl (C=O) groups is 1. The lowest BCUT2D eigenvalue weighted by atomic mass is 9.97. The standard InChI is InChI=1S/C25H34N2O5/c1-18(24(20-8-6-5-7-9-20)27-12-14-32-15-13-27)26-23(28)11-10-19-16-21(29-2)25(31-4)22(17-19)30-3/h5-9,16-18,24H,10-15H2,1-4H3,(H,26,28)/t18-,24-/m0/s1. The number of morpholine rings is 1. The van der Waals surface area contributed by atoms with Gasteiger partial charge < -0.3 is 24.3 Å². The number of aryl methyl sites for hydroxylation is 1. The lowest BCUT2D eigenvalue weighted by molar-refractivity contribution is -0.122. The van der Waals surface area contributed by atoms with Gasteiger partial charge in [-0.2, -0.15) is 0 Å². The summed E-state index contributed by atoms with van der Waals surface area (Å²) in [5.41, 5.74) is 2.15. The van der Waals surface area contributed by atoms with E-state index in [2.05, 4.69) is 29.3 Å². The van der Waals surface area contributed by atoms with Crippen LogP contribution in [0, 0.1) is 0 Å². The van der Waals surface area contributed by atoms with E-state index in [1.54, 1.807) is 21.3 Å². The van der Waals surface area contributed by atoms with Crippen LogP contribution in [0.5, 0.6) is 17.2 Å². The summed E-state index contributed by atoms with van der Waals surface area (Å²) >= 11 is 0. The van der Waals surface area contributed by atoms with Crippen molar-refractivity contribution in [3.05, 3.63) is 53.6 Å². The van der Waals surface area contributed by atoms with E-state index in [1.165, 1.54) is 5.56 Å². The molecule has 2 atom stereocenters. The van der Waals surface area contributed by atoms with Gasteiger partial charge in [-0.15, -0.1) is 0 Å². The van der Waals surface area contributed by atoms with Crippen LogP contribution in [0.3, 0.4) is 0 Å². The molecule has 0 bridgehead atoms. The summed E-state index contributed by atoms with van der Waals surface area (Å²) in [5, 5.41) is 3.22. The maximum Gasteiger partial charge on any atom is 0.220 e. The topological polar surface area (TPSA) is 69.3 Å². The van der Waals surface area contributed by atoms with Crippen molar-refractivity contribution < 1.29 is 23.7 Å². The molecule has 1 saturated heterocycles. The summed E-state index contributed by atoms with van der Waals surface area (Å²) in [7, 11) is 4.75. The van der Waals surface area contributed by atoms with Gasteiger partial charge in [0.05, 0.1) is 40.6 Å². The predicted molar refractivity (Wildman–Crippen MR) is 124 cm³/mol. The summed E-state index contributed by atoms with van der Waals surface area (Å²) in [6, 6.07) is 14.2. The fraction of sp³-hybridized carbons (Fsp3) is 0.480. The van der Waals surface area contributed by atoms with Crippen molar-refractivity contribution in [3.8, 4) is 17.2 Å². The molecule has 0 aromatic heterocycles. The van der Waals surface area contributed by atoms with Crippen molar-refractivity contribution in [1.82, 2.24) is 10.2 Å². The Labute approximate surface area is 190 Å². The van der Waals surface area contributed by atoms with Gasteiger partial charge in [0.2, 0.25) is 11.7 Å². The molecular formula is C25H34N2O5. The molecule has 1 amide bonds. The Balaban J connectivity index is 1.66. The number of hydrogen-bond acceptors (Lipinski definition) is 6. The minimum absolute atomic E-state index is 0.0143. The van der Waals surface area contributed by atoms with E-state index in [1.807, 2.05) is 30.3 Å². The molecule has 32 heavy (non-hydrogen) atoms. The highest BCUT2D eigenvalue weighted by atomic mass is 16.5. The van der Waals surface area contributed by atoms with E-state index < -0.39 is 0 Å². The molecule has 0 unspecified atom stereocenters. The van der Waals surface area contributed by atoms with Crippen LogP contribution >= 0.6 is 0 Å². The zero-order valence-electron chi connectivity index (χ0n) is 19.4. The first-order valence-electron chi connectivity index (χ1n) is 11.0. The minimum atomic E-state index is -0.0389. The predicted octanol–water partition coefficient (Wildman–Crippen LogP) is 3.22. The van der Waals surface area contributed by atoms with Gasteiger partial charge in [0.25, 0.3) is 0 Å². The Morgan fingerprint density at radius 1 is 1.03 bits per heavy atom. The molecule has 7 heteroatoms. The number of benzene rings is 2. The first kappa shape index (κ1) is 23.9. The average Bonchev–Trinajstić information content (AvgIpc) is 2.83. The SMILES string of the molecule is COc1cc(CCC(=O)N[C@@H](C)[C@@H](c2ccccc2)N2CCOCC2)cc(OC)c1OC. The maximum atomic E-state index is 12.8. The quantitative estimate of drug-likeness (QED) is 0.609. The molecule has 3 rings (SSSR count). The van der Waals surface area contributed by atoms with Crippen molar-refractivity contribution in [2.24, 2.45) is 0 Å². The first-order valence-corrected chi connectivity index (χ1v) is 11.0. The molecule has 1 aliphatic rings. The highest BCUT2D eigenvalue weighted by Gasteiger charge is 2.28. The van der Waals surface area contributed by atoms with Gasteiger partial charge in [0.15, 0.2) is 11.5 Å². The second kappa shape index (κ2) is 11.7. The van der Waals surface area contributed by atoms with Gasteiger partial charge in [-0.05, 0) is 36.6 Å². The summed E-state index contributed by atoms with van der Waals surface area (Å²) in [4.78, 5) is 15.2. The van der Waals surface area contributed by atoms with Crippen molar-refractivity contribution in [2.45, 2.75) is 31.8 Å². The lowest BCUT2D eigenvalue weighted by Crippen LogP contribution is -2.48. The third-order valence-corrected chi connectivity index (χ3v) is 5.81. The van der Waals surface area contributed by atoms with E-state index >= 15 is 0 Å². The lowest BCUT2D eigenvalue weighted by Gasteiger charge is -2.38. The van der Waals surface area contributed by atoms with E-state index in [9.17, 15) is 4.79 Å². The normalized spacial score (nSPS) is 16.1. The number of methoxy groups -OCH3 is 3. The van der Waals surface area contributed by atoms with E-state index in [4.69, 9.17) is 18.9 Å². The Morgan fingerprint density at radius 3 is 2.22 bits per heavy atom. The van der Waals surface area contributed by atoms with Crippen LogP contribution in [0.15, 0.2) is 42.5 Å². The summed E-state index contributed by atoms with van der Waals surface area (Å²) < 4.78 is 21.7. The van der Waals surface area contributed by atoms with Gasteiger partial charge in [0.1, 0.15) is 0 Å². The molecule has 0 saturated carbocycles. The molecular weight excluding hydrogens is 408 g/mol. The van der Waals surface area contributed by atoms with Crippen molar-refractivity contribution in [3.63, 3.8) is 0 Å². The van der Waals surface area contributed by atoms with Crippen LogP contribution < -0.4 is 19.5 Å². The number of rotatable bonds is 10. The molecule has 1 aliphatic heterocycles. The number of amides is 1. The Morgan fingerprint density at radius 2 is 1.66 bits per heavy atom. The highest BCUT2D eigenvalue weighted by Crippen LogP contribution is 2.38. The second-order valence-electron chi connectivity index (χ2n) is 7.89. The molecule has 1 heterocycles. The molecule has 2 aromatic rings. The Bertz CT molecular complexity index is 843. The second-order valence-corrected chi connectivity index (χ2v) is 7.89. The molecule has 1 N–H and O–H groups in total. The number of ether oxygens (including phenoxy) is 4. The fourth-order valence-electron chi connectivity index (χ4n) is 4.26. The van der Waals surface area contributed by atoms with Crippen LogP contribution in [0.1, 0.15) is 30.5 Å². The summed E-state index contributed by atoms with van der Waals surface area (Å²) in [5.74, 6) is 1.74. The third kappa shape index (κ3) is 5.93. The number of nitrogens with zero attached hydrogens (tertiary/aromatic N) is 1. The Kier molecular flexibility index (Phi) is 8.76. The fourth-order valence-corrected chi connectivity index (χ4v) is 4.26. The van der Waals surface area contributed by atoms with Crippen LogP contribution in [0.25, 0.3) is 0 Å². The van der Waals surface area contributed by atoms with Crippen molar-refractivity contribution in [2.75, 3.05) is 47.6 Å². The van der Waals surface area contributed by atoms with Gasteiger partial charge in [-0.3, -0.25) is 9.69 Å². The molecule has 0 radical (unpaired) electrons. The van der Waals surface area contributed by atoms with Crippen molar-refractivity contribution in [1.29, 1.82) is 0 Å². The Hall–Kier alpha value is -2.77. The van der Waals surface area contributed by atoms with Crippen LogP contribution in [0.4, 0.5) is 0 Å². The van der Waals surface area contributed by atoms with Crippen LogP contribution in [-0.4, -0.2) is 64.5 Å². The van der Waals surface area contributed by atoms with Gasteiger partial charge in [-0.25, -0.2) is 0 Å². The van der Waals surface area contributed by atoms with E-state index in [0.29, 0.717) is 43.3 Å². The number of hydrogen-bond donors (Lipinski definition) is 1. The summed E-state index contributed by atoms with van der Waals surface area (Å²) in [6.07, 6.45) is 0.941. The highest BCUT2D eigenvalue weighted by molar-refractivity contribution is 5.76. The van der Waals surface area contributed by atoms with Gasteiger partial charge >= 0.3 is 0 Å². The molecule has 0 aliphatic carbocycles. The summed E-state index contributed by atoms with van der Waals surface area (Å²) in [6.45, 7) is 5.21. The number of carbonyl (C=O) groups excluding carboxylic acids is 1. The molecule has 7 nitrogen and oxygen atoms in total. The smallest absolute Gasteiger partial charge is 0.220 e. The molecule has 1 fully saturated rings. The van der Waals surface area contributed by atoms with E-state index in [0.717, 1.165) is 18.7 Å². The van der Waals surface area contributed by atoms with Crippen LogP contribution in [-0.2, 0) is 16.0 Å². The van der Waals surface area contributed by atoms with E-state index in [-0.39, 0.29) is 18.0 Å². The number of nitrogens with one attached hydrogen (secondary N) is 1. The minimum Gasteiger partial charge on any atom is -0.493 e. The molecule has 2 aromatic carbocycles. The largest absolute Gasteiger partial charge is 0.493 e. The van der Waals surface area contributed by atoms with Crippen LogP contribution in [0.2, 0.25) is 0 Å². The molecule has 174 valence electrons. The third-order valence-electron chi connectivity index (χ3n) is 5.81. The first-order chi connectivity index (χ1) is 15.6. The maximum absolute atomic E-state index is 12.8. The zero-order chi connectivity index (χ0) is 22.9. The monoisotopic (exact) mass is 442 g/mol. The molecule has 0 spiro atoms. The van der Waals surface area contributed by atoms with Gasteiger partial charge in [-0.1, -0.05) is 30.3 Å². The average molecular weight is 443 g/mol. The van der Waals surface area contributed by atoms with Gasteiger partial charge in [0, 0.05) is 25.6 Å². The zero-order valence-corrected chi connectivity index (χ0v) is 19.4. The van der Waals surface area contributed by atoms with Crippen molar-refractivity contribution >= 4 is 5.91 Å².